The first-order chi connectivity index (χ1) is 8.92. The van der Waals surface area contributed by atoms with Gasteiger partial charge in [0.25, 0.3) is 0 Å². The molecular weight excluding hydrogens is 262 g/mol. The Morgan fingerprint density at radius 2 is 1.95 bits per heavy atom. The van der Waals surface area contributed by atoms with E-state index in [9.17, 15) is 8.42 Å². The number of rotatable bonds is 5. The molecule has 1 aromatic rings. The molecule has 0 saturated heterocycles. The van der Waals surface area contributed by atoms with Crippen molar-refractivity contribution in [1.82, 2.24) is 10.6 Å². The Labute approximate surface area is 115 Å². The van der Waals surface area contributed by atoms with Crippen molar-refractivity contribution in [2.24, 2.45) is 4.99 Å². The average Bonchev–Trinajstić information content (AvgIpc) is 2.37. The third-order valence-electron chi connectivity index (χ3n) is 2.64. The van der Waals surface area contributed by atoms with Crippen LogP contribution in [0.5, 0.6) is 0 Å². The van der Waals surface area contributed by atoms with Gasteiger partial charge in [0.1, 0.15) is 9.84 Å². The fraction of sp³-hybridized carbons (Fsp3) is 0.462. The van der Waals surface area contributed by atoms with Crippen molar-refractivity contribution >= 4 is 15.8 Å². The molecular formula is C13H21N3O2S. The second kappa shape index (κ2) is 7.13. The van der Waals surface area contributed by atoms with E-state index >= 15 is 0 Å². The molecule has 0 saturated carbocycles. The molecule has 6 heteroatoms. The lowest BCUT2D eigenvalue weighted by atomic mass is 10.1. The molecule has 0 aromatic heterocycles. The molecule has 1 unspecified atom stereocenters. The predicted octanol–water partition coefficient (Wildman–Crippen LogP) is 0.957. The van der Waals surface area contributed by atoms with Gasteiger partial charge in [-0.05, 0) is 12.5 Å². The standard InChI is InChI=1S/C13H21N3O2S/c1-11(12-7-5-4-6-8-12)16-13(14-2)15-9-10-19(3,17)18/h4-8,11H,9-10H2,1-3H3,(H2,14,15,16). The van der Waals surface area contributed by atoms with E-state index < -0.39 is 9.84 Å². The van der Waals surface area contributed by atoms with Crippen molar-refractivity contribution in [3.63, 3.8) is 0 Å². The third-order valence-corrected chi connectivity index (χ3v) is 3.59. The van der Waals surface area contributed by atoms with Gasteiger partial charge in [0, 0.05) is 19.8 Å². The van der Waals surface area contributed by atoms with Gasteiger partial charge in [-0.3, -0.25) is 4.99 Å². The molecule has 1 rings (SSSR count). The van der Waals surface area contributed by atoms with E-state index in [1.165, 1.54) is 6.26 Å². The van der Waals surface area contributed by atoms with Crippen LogP contribution in [0.15, 0.2) is 35.3 Å². The normalized spacial score (nSPS) is 13.9. The SMILES string of the molecule is CN=C(NCCS(C)(=O)=O)NC(C)c1ccccc1. The summed E-state index contributed by atoms with van der Waals surface area (Å²) in [5.41, 5.74) is 1.15. The number of nitrogens with zero attached hydrogens (tertiary/aromatic N) is 1. The zero-order valence-corrected chi connectivity index (χ0v) is 12.4. The maximum absolute atomic E-state index is 11.0. The molecule has 0 bridgehead atoms. The predicted molar refractivity (Wildman–Crippen MR) is 79.1 cm³/mol. The van der Waals surface area contributed by atoms with Crippen LogP contribution in [0.3, 0.4) is 0 Å². The zero-order valence-electron chi connectivity index (χ0n) is 11.6. The first-order valence-electron chi connectivity index (χ1n) is 6.12. The molecule has 19 heavy (non-hydrogen) atoms. The molecule has 0 radical (unpaired) electrons. The highest BCUT2D eigenvalue weighted by atomic mass is 32.2. The molecule has 0 fully saturated rings. The summed E-state index contributed by atoms with van der Waals surface area (Å²) in [4.78, 5) is 4.07. The number of nitrogens with one attached hydrogen (secondary N) is 2. The molecule has 0 spiro atoms. The van der Waals surface area contributed by atoms with Crippen LogP contribution in [0.1, 0.15) is 18.5 Å². The molecule has 0 aliphatic carbocycles. The molecule has 0 aliphatic heterocycles. The van der Waals surface area contributed by atoms with Crippen molar-refractivity contribution in [2.45, 2.75) is 13.0 Å². The summed E-state index contributed by atoms with van der Waals surface area (Å²) >= 11 is 0. The highest BCUT2D eigenvalue weighted by Crippen LogP contribution is 2.10. The first kappa shape index (κ1) is 15.5. The summed E-state index contributed by atoms with van der Waals surface area (Å²) in [5.74, 6) is 0.688. The minimum absolute atomic E-state index is 0.0907. The van der Waals surface area contributed by atoms with Gasteiger partial charge in [0.2, 0.25) is 0 Å². The molecule has 0 amide bonds. The van der Waals surface area contributed by atoms with Crippen LogP contribution in [0.4, 0.5) is 0 Å². The van der Waals surface area contributed by atoms with Gasteiger partial charge in [-0.2, -0.15) is 0 Å². The van der Waals surface area contributed by atoms with Gasteiger partial charge in [-0.15, -0.1) is 0 Å². The van der Waals surface area contributed by atoms with E-state index in [1.54, 1.807) is 7.05 Å². The van der Waals surface area contributed by atoms with E-state index in [-0.39, 0.29) is 11.8 Å². The first-order valence-corrected chi connectivity index (χ1v) is 8.18. The van der Waals surface area contributed by atoms with Crippen molar-refractivity contribution < 1.29 is 8.42 Å². The minimum Gasteiger partial charge on any atom is -0.355 e. The lowest BCUT2D eigenvalue weighted by Crippen LogP contribution is -2.40. The molecule has 1 atom stereocenters. The third kappa shape index (κ3) is 6.24. The van der Waals surface area contributed by atoms with E-state index in [2.05, 4.69) is 15.6 Å². The van der Waals surface area contributed by atoms with Crippen molar-refractivity contribution in [2.75, 3.05) is 25.6 Å². The summed E-state index contributed by atoms with van der Waals surface area (Å²) in [6, 6.07) is 10.1. The van der Waals surface area contributed by atoms with Gasteiger partial charge in [-0.25, -0.2) is 8.42 Å². The van der Waals surface area contributed by atoms with Crippen LogP contribution < -0.4 is 10.6 Å². The topological polar surface area (TPSA) is 70.6 Å². The Bertz CT molecular complexity index is 512. The van der Waals surface area contributed by atoms with E-state index in [1.807, 2.05) is 37.3 Å². The lowest BCUT2D eigenvalue weighted by Gasteiger charge is -2.18. The fourth-order valence-corrected chi connectivity index (χ4v) is 2.05. The highest BCUT2D eigenvalue weighted by molar-refractivity contribution is 7.90. The molecule has 5 nitrogen and oxygen atoms in total. The lowest BCUT2D eigenvalue weighted by molar-refractivity contribution is 0.600. The van der Waals surface area contributed by atoms with Crippen LogP contribution in [-0.2, 0) is 9.84 Å². The van der Waals surface area contributed by atoms with Gasteiger partial charge >= 0.3 is 0 Å². The van der Waals surface area contributed by atoms with E-state index in [4.69, 9.17) is 0 Å². The van der Waals surface area contributed by atoms with Gasteiger partial charge in [0.15, 0.2) is 5.96 Å². The second-order valence-corrected chi connectivity index (χ2v) is 6.67. The summed E-state index contributed by atoms with van der Waals surface area (Å²) in [6.45, 7) is 2.37. The molecule has 2 N–H and O–H groups in total. The highest BCUT2D eigenvalue weighted by Gasteiger charge is 2.08. The Morgan fingerprint density at radius 3 is 2.47 bits per heavy atom. The maximum Gasteiger partial charge on any atom is 0.191 e. The van der Waals surface area contributed by atoms with Gasteiger partial charge in [-0.1, -0.05) is 30.3 Å². The van der Waals surface area contributed by atoms with Crippen LogP contribution in [-0.4, -0.2) is 40.0 Å². The minimum atomic E-state index is -2.95. The van der Waals surface area contributed by atoms with Crippen molar-refractivity contribution in [3.05, 3.63) is 35.9 Å². The monoisotopic (exact) mass is 283 g/mol. The average molecular weight is 283 g/mol. The summed E-state index contributed by atoms with van der Waals surface area (Å²) in [7, 11) is -1.29. The number of sulfone groups is 1. The quantitative estimate of drug-likeness (QED) is 0.624. The zero-order chi connectivity index (χ0) is 14.3. The van der Waals surface area contributed by atoms with Gasteiger partial charge < -0.3 is 10.6 Å². The Kier molecular flexibility index (Phi) is 5.82. The number of benzene rings is 1. The number of aliphatic imine (C=N–C) groups is 1. The summed E-state index contributed by atoms with van der Waals surface area (Å²) in [6.07, 6.45) is 1.22. The smallest absolute Gasteiger partial charge is 0.191 e. The fourth-order valence-electron chi connectivity index (χ4n) is 1.58. The number of guanidine groups is 1. The Balaban J connectivity index is 2.49. The maximum atomic E-state index is 11.0. The molecule has 106 valence electrons. The van der Waals surface area contributed by atoms with Gasteiger partial charge in [0.05, 0.1) is 11.8 Å². The van der Waals surface area contributed by atoms with Crippen molar-refractivity contribution in [3.8, 4) is 0 Å². The van der Waals surface area contributed by atoms with Crippen LogP contribution in [0.2, 0.25) is 0 Å². The molecule has 0 heterocycles. The summed E-state index contributed by atoms with van der Waals surface area (Å²) < 4.78 is 22.1. The molecule has 0 aliphatic rings. The Morgan fingerprint density at radius 1 is 1.32 bits per heavy atom. The second-order valence-electron chi connectivity index (χ2n) is 4.41. The Hall–Kier alpha value is -1.56. The van der Waals surface area contributed by atoms with Crippen molar-refractivity contribution in [1.29, 1.82) is 0 Å². The van der Waals surface area contributed by atoms with Crippen LogP contribution >= 0.6 is 0 Å². The number of hydrogen-bond acceptors (Lipinski definition) is 3. The van der Waals surface area contributed by atoms with Crippen LogP contribution in [0.25, 0.3) is 0 Å². The van der Waals surface area contributed by atoms with Crippen LogP contribution in [0, 0.1) is 0 Å². The number of hydrogen-bond donors (Lipinski definition) is 2. The largest absolute Gasteiger partial charge is 0.355 e. The van der Waals surface area contributed by atoms with E-state index in [0.29, 0.717) is 12.5 Å². The van der Waals surface area contributed by atoms with E-state index in [0.717, 1.165) is 5.56 Å². The summed E-state index contributed by atoms with van der Waals surface area (Å²) in [5, 5.41) is 6.20. The molecule has 1 aromatic carbocycles.